The van der Waals surface area contributed by atoms with Crippen molar-refractivity contribution < 1.29 is 19.4 Å². The van der Waals surface area contributed by atoms with Gasteiger partial charge in [0.05, 0.1) is 12.6 Å². The van der Waals surface area contributed by atoms with Crippen molar-refractivity contribution in [3.63, 3.8) is 0 Å². The first kappa shape index (κ1) is 20.0. The van der Waals surface area contributed by atoms with Crippen LogP contribution in [0.4, 0.5) is 0 Å². The molecule has 0 radical (unpaired) electrons. The van der Waals surface area contributed by atoms with E-state index < -0.39 is 6.10 Å². The zero-order chi connectivity index (χ0) is 19.6. The molecule has 3 aromatic rings. The van der Waals surface area contributed by atoms with E-state index in [0.29, 0.717) is 5.75 Å². The molecule has 3 rings (SSSR count). The molecule has 146 valence electrons. The van der Waals surface area contributed by atoms with E-state index in [-0.39, 0.29) is 19.4 Å². The quantitative estimate of drug-likeness (QED) is 0.412. The predicted molar refractivity (Wildman–Crippen MR) is 108 cm³/mol. The third kappa shape index (κ3) is 5.18. The minimum absolute atomic E-state index is 0.139. The topological polar surface area (TPSA) is 60.0 Å². The highest BCUT2D eigenvalue weighted by Crippen LogP contribution is 2.31. The van der Waals surface area contributed by atoms with Gasteiger partial charge < -0.3 is 14.6 Å². The Bertz CT molecular complexity index is 826. The lowest BCUT2D eigenvalue weighted by molar-refractivity contribution is -0.0643. The standard InChI is InChI=1S/C23H25NO4/c1-26-17-27-21-15-9-8-14-20(21)23(19-12-6-3-7-13-19)24-28-22(16-25)18-10-4-2-5-11-18/h2-15,22-25H,16-17H2,1H3/t22-,23-/m1/s1. The molecule has 0 fully saturated rings. The number of rotatable bonds is 10. The molecule has 5 heteroatoms. The number of aliphatic hydroxyl groups is 1. The highest BCUT2D eigenvalue weighted by molar-refractivity contribution is 5.41. The average molecular weight is 379 g/mol. The van der Waals surface area contributed by atoms with Crippen LogP contribution in [0.2, 0.25) is 0 Å². The fraction of sp³-hybridized carbons (Fsp3) is 0.217. The Labute approximate surface area is 165 Å². The lowest BCUT2D eigenvalue weighted by atomic mass is 9.98. The predicted octanol–water partition coefficient (Wildman–Crippen LogP) is 4.01. The number of methoxy groups -OCH3 is 1. The molecule has 0 saturated heterocycles. The van der Waals surface area contributed by atoms with E-state index in [2.05, 4.69) is 5.48 Å². The molecule has 0 aromatic heterocycles. The fourth-order valence-corrected chi connectivity index (χ4v) is 2.96. The maximum Gasteiger partial charge on any atom is 0.188 e. The molecular weight excluding hydrogens is 354 g/mol. The zero-order valence-corrected chi connectivity index (χ0v) is 15.8. The lowest BCUT2D eigenvalue weighted by Gasteiger charge is -2.25. The highest BCUT2D eigenvalue weighted by Gasteiger charge is 2.21. The Kier molecular flexibility index (Phi) is 7.58. The van der Waals surface area contributed by atoms with Crippen molar-refractivity contribution in [1.82, 2.24) is 5.48 Å². The van der Waals surface area contributed by atoms with Crippen LogP contribution in [0.15, 0.2) is 84.9 Å². The molecule has 0 bridgehead atoms. The minimum Gasteiger partial charge on any atom is -0.467 e. The second-order valence-corrected chi connectivity index (χ2v) is 6.25. The molecule has 0 aliphatic heterocycles. The van der Waals surface area contributed by atoms with Crippen molar-refractivity contribution in [1.29, 1.82) is 0 Å². The van der Waals surface area contributed by atoms with Gasteiger partial charge in [-0.25, -0.2) is 0 Å². The monoisotopic (exact) mass is 379 g/mol. The summed E-state index contributed by atoms with van der Waals surface area (Å²) in [7, 11) is 1.59. The van der Waals surface area contributed by atoms with Crippen LogP contribution in [-0.4, -0.2) is 25.6 Å². The van der Waals surface area contributed by atoms with Crippen LogP contribution in [0.25, 0.3) is 0 Å². The highest BCUT2D eigenvalue weighted by atomic mass is 16.7. The summed E-state index contributed by atoms with van der Waals surface area (Å²) in [6, 6.07) is 27.0. The molecule has 3 aromatic carbocycles. The molecule has 0 saturated carbocycles. The van der Waals surface area contributed by atoms with Gasteiger partial charge in [-0.2, -0.15) is 5.48 Å². The Morgan fingerprint density at radius 2 is 1.43 bits per heavy atom. The number of ether oxygens (including phenoxy) is 2. The van der Waals surface area contributed by atoms with Crippen LogP contribution in [0, 0.1) is 0 Å². The Balaban J connectivity index is 1.87. The first-order valence-corrected chi connectivity index (χ1v) is 9.16. The summed E-state index contributed by atoms with van der Waals surface area (Å²) in [5.41, 5.74) is 5.96. The van der Waals surface area contributed by atoms with E-state index in [1.807, 2.05) is 84.9 Å². The van der Waals surface area contributed by atoms with E-state index in [0.717, 1.165) is 16.7 Å². The maximum absolute atomic E-state index is 9.80. The molecule has 2 atom stereocenters. The summed E-state index contributed by atoms with van der Waals surface area (Å²) < 4.78 is 10.8. The second-order valence-electron chi connectivity index (χ2n) is 6.25. The van der Waals surface area contributed by atoms with Crippen LogP contribution in [0.3, 0.4) is 0 Å². The molecule has 0 unspecified atom stereocenters. The number of hydroxylamine groups is 1. The van der Waals surface area contributed by atoms with E-state index in [1.54, 1.807) is 7.11 Å². The summed E-state index contributed by atoms with van der Waals surface area (Å²) in [5.74, 6) is 0.703. The van der Waals surface area contributed by atoms with Crippen molar-refractivity contribution in [2.24, 2.45) is 0 Å². The summed E-state index contributed by atoms with van der Waals surface area (Å²) in [6.07, 6.45) is -0.487. The van der Waals surface area contributed by atoms with Gasteiger partial charge in [-0.05, 0) is 17.2 Å². The fourth-order valence-electron chi connectivity index (χ4n) is 2.96. The smallest absolute Gasteiger partial charge is 0.188 e. The van der Waals surface area contributed by atoms with Crippen molar-refractivity contribution in [2.45, 2.75) is 12.1 Å². The lowest BCUT2D eigenvalue weighted by Crippen LogP contribution is -2.27. The molecule has 2 N–H and O–H groups in total. The van der Waals surface area contributed by atoms with E-state index in [9.17, 15) is 5.11 Å². The van der Waals surface area contributed by atoms with Gasteiger partial charge in [0, 0.05) is 12.7 Å². The van der Waals surface area contributed by atoms with Crippen LogP contribution in [0.5, 0.6) is 5.75 Å². The van der Waals surface area contributed by atoms with Gasteiger partial charge in [-0.15, -0.1) is 0 Å². The van der Waals surface area contributed by atoms with E-state index in [4.69, 9.17) is 14.3 Å². The number of aliphatic hydroxyl groups excluding tert-OH is 1. The molecule has 0 aliphatic rings. The largest absolute Gasteiger partial charge is 0.467 e. The van der Waals surface area contributed by atoms with Crippen molar-refractivity contribution in [3.05, 3.63) is 102 Å². The normalized spacial score (nSPS) is 13.1. The number of hydrogen-bond donors (Lipinski definition) is 2. The van der Waals surface area contributed by atoms with Gasteiger partial charge in [-0.3, -0.25) is 4.84 Å². The van der Waals surface area contributed by atoms with Crippen molar-refractivity contribution in [3.8, 4) is 5.75 Å². The van der Waals surface area contributed by atoms with Crippen molar-refractivity contribution in [2.75, 3.05) is 20.5 Å². The SMILES string of the molecule is COCOc1ccccc1[C@H](NO[C@H](CO)c1ccccc1)c1ccccc1. The molecule has 0 spiro atoms. The molecule has 0 amide bonds. The third-order valence-corrected chi connectivity index (χ3v) is 4.36. The Hall–Kier alpha value is -2.70. The molecule has 0 heterocycles. The number of benzene rings is 3. The number of hydrogen-bond acceptors (Lipinski definition) is 5. The summed E-state index contributed by atoms with van der Waals surface area (Å²) in [5, 5.41) is 9.80. The van der Waals surface area contributed by atoms with Gasteiger partial charge >= 0.3 is 0 Å². The Morgan fingerprint density at radius 1 is 0.821 bits per heavy atom. The first-order chi connectivity index (χ1) is 13.8. The van der Waals surface area contributed by atoms with Gasteiger partial charge in [0.2, 0.25) is 0 Å². The third-order valence-electron chi connectivity index (χ3n) is 4.36. The van der Waals surface area contributed by atoms with Gasteiger partial charge in [0.1, 0.15) is 11.9 Å². The molecule has 0 aliphatic carbocycles. The van der Waals surface area contributed by atoms with Crippen LogP contribution in [0.1, 0.15) is 28.8 Å². The second kappa shape index (κ2) is 10.6. The van der Waals surface area contributed by atoms with Crippen LogP contribution in [-0.2, 0) is 9.57 Å². The molecule has 5 nitrogen and oxygen atoms in total. The van der Waals surface area contributed by atoms with Crippen LogP contribution >= 0.6 is 0 Å². The van der Waals surface area contributed by atoms with Gasteiger partial charge in [0.15, 0.2) is 6.79 Å². The minimum atomic E-state index is -0.487. The molecular formula is C23H25NO4. The van der Waals surface area contributed by atoms with Crippen LogP contribution < -0.4 is 10.2 Å². The first-order valence-electron chi connectivity index (χ1n) is 9.16. The number of para-hydroxylation sites is 1. The average Bonchev–Trinajstić information content (AvgIpc) is 2.77. The zero-order valence-electron chi connectivity index (χ0n) is 15.8. The number of nitrogens with one attached hydrogen (secondary N) is 1. The summed E-state index contributed by atoms with van der Waals surface area (Å²) in [4.78, 5) is 5.92. The van der Waals surface area contributed by atoms with E-state index in [1.165, 1.54) is 0 Å². The summed E-state index contributed by atoms with van der Waals surface area (Å²) in [6.45, 7) is 0.0169. The van der Waals surface area contributed by atoms with E-state index >= 15 is 0 Å². The molecule has 28 heavy (non-hydrogen) atoms. The Morgan fingerprint density at radius 3 is 2.07 bits per heavy atom. The van der Waals surface area contributed by atoms with Gasteiger partial charge in [-0.1, -0.05) is 78.9 Å². The summed E-state index contributed by atoms with van der Waals surface area (Å²) >= 11 is 0. The maximum atomic E-state index is 9.80. The van der Waals surface area contributed by atoms with Gasteiger partial charge in [0.25, 0.3) is 0 Å². The van der Waals surface area contributed by atoms with Crippen molar-refractivity contribution >= 4 is 0 Å².